The summed E-state index contributed by atoms with van der Waals surface area (Å²) in [5.74, 6) is -1.00. The Hall–Kier alpha value is -3.08. The fourth-order valence-electron chi connectivity index (χ4n) is 2.24. The van der Waals surface area contributed by atoms with Crippen LogP contribution in [0, 0.1) is 0 Å². The Morgan fingerprint density at radius 2 is 1.67 bits per heavy atom. The highest BCUT2D eigenvalue weighted by Crippen LogP contribution is 2.27. The number of aliphatic carboxylic acids is 1. The second-order valence-electron chi connectivity index (χ2n) is 5.30. The fourth-order valence-corrected chi connectivity index (χ4v) is 2.24. The third kappa shape index (κ3) is 4.98. The average Bonchev–Trinajstić information content (AvgIpc) is 2.59. The molecule has 0 aliphatic rings. The van der Waals surface area contributed by atoms with Crippen LogP contribution >= 0.6 is 0 Å². The lowest BCUT2D eigenvalue weighted by Gasteiger charge is -2.12. The first-order valence-corrected chi connectivity index (χ1v) is 7.68. The van der Waals surface area contributed by atoms with Crippen molar-refractivity contribution in [3.8, 4) is 11.1 Å². The number of benzene rings is 2. The van der Waals surface area contributed by atoms with Crippen LogP contribution in [0.3, 0.4) is 0 Å². The van der Waals surface area contributed by atoms with Crippen molar-refractivity contribution in [2.45, 2.75) is 12.8 Å². The number of hydrogen-bond acceptors (Lipinski definition) is 2. The molecular formula is C19H20N2O3. The van der Waals surface area contributed by atoms with Gasteiger partial charge in [0.25, 0.3) is 0 Å². The Morgan fingerprint density at radius 3 is 2.38 bits per heavy atom. The number of carboxylic acid groups (broad SMARTS) is 1. The zero-order valence-electron chi connectivity index (χ0n) is 13.3. The summed E-state index contributed by atoms with van der Waals surface area (Å²) in [6.07, 6.45) is 0.870. The first-order chi connectivity index (χ1) is 11.6. The van der Waals surface area contributed by atoms with Crippen molar-refractivity contribution in [3.05, 3.63) is 66.7 Å². The molecule has 2 amide bonds. The van der Waals surface area contributed by atoms with Gasteiger partial charge in [-0.2, -0.15) is 0 Å². The van der Waals surface area contributed by atoms with E-state index >= 15 is 0 Å². The molecule has 0 aliphatic carbocycles. The highest BCUT2D eigenvalue weighted by Gasteiger charge is 2.08. The van der Waals surface area contributed by atoms with Crippen LogP contribution in [0.1, 0.15) is 12.8 Å². The second-order valence-corrected chi connectivity index (χ2v) is 5.30. The van der Waals surface area contributed by atoms with E-state index in [2.05, 4.69) is 17.2 Å². The summed E-state index contributed by atoms with van der Waals surface area (Å²) in [4.78, 5) is 22.7. The van der Waals surface area contributed by atoms with Gasteiger partial charge in [0.05, 0.1) is 5.69 Å². The first kappa shape index (κ1) is 17.3. The predicted octanol–water partition coefficient (Wildman–Crippen LogP) is 3.90. The number of rotatable bonds is 7. The normalized spacial score (nSPS) is 10.0. The molecule has 0 saturated heterocycles. The van der Waals surface area contributed by atoms with E-state index in [1.807, 2.05) is 54.6 Å². The van der Waals surface area contributed by atoms with Gasteiger partial charge in [0.15, 0.2) is 0 Å². The van der Waals surface area contributed by atoms with Gasteiger partial charge in [-0.15, -0.1) is 0 Å². The minimum absolute atomic E-state index is 0.145. The largest absolute Gasteiger partial charge is 0.478 e. The number of carbonyl (C=O) groups excluding carboxylic acids is 1. The number of carbonyl (C=O) groups is 2. The maximum atomic E-state index is 12.0. The molecule has 0 fully saturated rings. The van der Waals surface area contributed by atoms with Gasteiger partial charge in [0, 0.05) is 17.7 Å². The van der Waals surface area contributed by atoms with Crippen molar-refractivity contribution >= 4 is 17.7 Å². The van der Waals surface area contributed by atoms with Crippen molar-refractivity contribution < 1.29 is 14.7 Å². The Bertz CT molecular complexity index is 726. The van der Waals surface area contributed by atoms with Crippen LogP contribution in [0.4, 0.5) is 10.5 Å². The van der Waals surface area contributed by atoms with E-state index in [0.717, 1.165) is 16.8 Å². The highest BCUT2D eigenvalue weighted by atomic mass is 16.4. The number of anilines is 1. The number of amides is 2. The van der Waals surface area contributed by atoms with Crippen LogP contribution in [0.25, 0.3) is 11.1 Å². The molecule has 0 radical (unpaired) electrons. The summed E-state index contributed by atoms with van der Waals surface area (Å²) in [7, 11) is 0. The summed E-state index contributed by atoms with van der Waals surface area (Å²) < 4.78 is 0. The Kier molecular flexibility index (Phi) is 6.14. The van der Waals surface area contributed by atoms with Crippen molar-refractivity contribution in [2.75, 3.05) is 11.9 Å². The molecule has 2 rings (SSSR count). The summed E-state index contributed by atoms with van der Waals surface area (Å²) in [5, 5.41) is 14.3. The zero-order valence-corrected chi connectivity index (χ0v) is 13.3. The van der Waals surface area contributed by atoms with E-state index in [1.54, 1.807) is 0 Å². The van der Waals surface area contributed by atoms with Gasteiger partial charge in [-0.25, -0.2) is 9.59 Å². The smallest absolute Gasteiger partial charge is 0.330 e. The molecule has 3 N–H and O–H groups in total. The number of para-hydroxylation sites is 1. The van der Waals surface area contributed by atoms with Gasteiger partial charge in [0.2, 0.25) is 0 Å². The predicted molar refractivity (Wildman–Crippen MR) is 94.9 cm³/mol. The molecule has 0 heterocycles. The standard InChI is InChI=1S/C19H20N2O3/c1-14(18(22)23)8-7-13-20-19(24)21-17-12-6-5-11-16(17)15-9-3-2-4-10-15/h2-6,9-12H,1,7-8,13H2,(H,22,23)(H2,20,21,24). The lowest BCUT2D eigenvalue weighted by atomic mass is 10.0. The molecule has 5 nitrogen and oxygen atoms in total. The molecule has 5 heteroatoms. The van der Waals surface area contributed by atoms with Crippen LogP contribution in [0.5, 0.6) is 0 Å². The molecule has 2 aromatic carbocycles. The lowest BCUT2D eigenvalue weighted by Crippen LogP contribution is -2.29. The summed E-state index contributed by atoms with van der Waals surface area (Å²) >= 11 is 0. The van der Waals surface area contributed by atoms with Gasteiger partial charge in [-0.05, 0) is 24.5 Å². The monoisotopic (exact) mass is 324 g/mol. The number of carboxylic acids is 1. The third-order valence-corrected chi connectivity index (χ3v) is 3.50. The summed E-state index contributed by atoms with van der Waals surface area (Å²) in [6.45, 7) is 3.84. The third-order valence-electron chi connectivity index (χ3n) is 3.50. The molecule has 0 spiro atoms. The molecule has 0 aliphatic heterocycles. The van der Waals surface area contributed by atoms with E-state index in [9.17, 15) is 9.59 Å². The molecule has 0 aromatic heterocycles. The van der Waals surface area contributed by atoms with Crippen LogP contribution in [0.15, 0.2) is 66.7 Å². The Morgan fingerprint density at radius 1 is 1.00 bits per heavy atom. The summed E-state index contributed by atoms with van der Waals surface area (Å²) in [6, 6.07) is 17.0. The van der Waals surface area contributed by atoms with Gasteiger partial charge in [0.1, 0.15) is 0 Å². The van der Waals surface area contributed by atoms with Crippen molar-refractivity contribution in [3.63, 3.8) is 0 Å². The van der Waals surface area contributed by atoms with Gasteiger partial charge < -0.3 is 15.7 Å². The first-order valence-electron chi connectivity index (χ1n) is 7.68. The van der Waals surface area contributed by atoms with Crippen molar-refractivity contribution in [1.82, 2.24) is 5.32 Å². The van der Waals surface area contributed by atoms with E-state index in [4.69, 9.17) is 5.11 Å². The van der Waals surface area contributed by atoms with Crippen LogP contribution < -0.4 is 10.6 Å². The van der Waals surface area contributed by atoms with Crippen LogP contribution in [0.2, 0.25) is 0 Å². The Balaban J connectivity index is 1.91. The highest BCUT2D eigenvalue weighted by molar-refractivity contribution is 5.94. The van der Waals surface area contributed by atoms with Gasteiger partial charge >= 0.3 is 12.0 Å². The molecule has 124 valence electrons. The van der Waals surface area contributed by atoms with E-state index in [1.165, 1.54) is 0 Å². The molecule has 24 heavy (non-hydrogen) atoms. The molecule has 0 bridgehead atoms. The van der Waals surface area contributed by atoms with Gasteiger partial charge in [-0.3, -0.25) is 0 Å². The van der Waals surface area contributed by atoms with Crippen molar-refractivity contribution in [1.29, 1.82) is 0 Å². The quantitative estimate of drug-likeness (QED) is 0.534. The molecular weight excluding hydrogens is 304 g/mol. The Labute approximate surface area is 141 Å². The van der Waals surface area contributed by atoms with Crippen LogP contribution in [-0.4, -0.2) is 23.7 Å². The second kappa shape index (κ2) is 8.53. The lowest BCUT2D eigenvalue weighted by molar-refractivity contribution is -0.132. The van der Waals surface area contributed by atoms with E-state index in [0.29, 0.717) is 19.4 Å². The SMILES string of the molecule is C=C(CCCNC(=O)Nc1ccccc1-c1ccccc1)C(=O)O. The van der Waals surface area contributed by atoms with Crippen molar-refractivity contribution in [2.24, 2.45) is 0 Å². The van der Waals surface area contributed by atoms with Crippen LogP contribution in [-0.2, 0) is 4.79 Å². The number of urea groups is 1. The van der Waals surface area contributed by atoms with Gasteiger partial charge in [-0.1, -0.05) is 55.1 Å². The maximum absolute atomic E-state index is 12.0. The number of hydrogen-bond donors (Lipinski definition) is 3. The molecule has 0 atom stereocenters. The topological polar surface area (TPSA) is 78.4 Å². The number of nitrogens with one attached hydrogen (secondary N) is 2. The van der Waals surface area contributed by atoms with E-state index < -0.39 is 5.97 Å². The molecule has 0 saturated carbocycles. The van der Waals surface area contributed by atoms with E-state index in [-0.39, 0.29) is 11.6 Å². The average molecular weight is 324 g/mol. The minimum Gasteiger partial charge on any atom is -0.478 e. The summed E-state index contributed by atoms with van der Waals surface area (Å²) in [5.41, 5.74) is 2.82. The molecule has 2 aromatic rings. The fraction of sp³-hybridized carbons (Fsp3) is 0.158. The maximum Gasteiger partial charge on any atom is 0.330 e. The minimum atomic E-state index is -1.00. The zero-order chi connectivity index (χ0) is 17.4. The molecule has 0 unspecified atom stereocenters.